The number of aromatic nitrogens is 4. The summed E-state index contributed by atoms with van der Waals surface area (Å²) in [5.41, 5.74) is -0.470. The lowest BCUT2D eigenvalue weighted by atomic mass is 10.1. The smallest absolute Gasteiger partial charge is 0.312 e. The van der Waals surface area contributed by atoms with E-state index in [2.05, 4.69) is 15.0 Å². The van der Waals surface area contributed by atoms with Gasteiger partial charge in [-0.1, -0.05) is 37.3 Å². The van der Waals surface area contributed by atoms with Crippen molar-refractivity contribution in [2.45, 2.75) is 44.6 Å². The van der Waals surface area contributed by atoms with Crippen LogP contribution in [0.5, 0.6) is 0 Å². The van der Waals surface area contributed by atoms with Crippen molar-refractivity contribution in [1.82, 2.24) is 19.5 Å². The first kappa shape index (κ1) is 13.3. The third-order valence-corrected chi connectivity index (χ3v) is 4.14. The fourth-order valence-electron chi connectivity index (χ4n) is 2.87. The number of rotatable bonds is 1. The highest BCUT2D eigenvalue weighted by Gasteiger charge is 2.20. The third kappa shape index (κ3) is 2.24. The summed E-state index contributed by atoms with van der Waals surface area (Å²) in [6.45, 7) is 0. The van der Waals surface area contributed by atoms with E-state index in [9.17, 15) is 9.59 Å². The molecule has 2 heterocycles. The van der Waals surface area contributed by atoms with Gasteiger partial charge in [-0.15, -0.1) is 0 Å². The zero-order valence-electron chi connectivity index (χ0n) is 10.9. The summed E-state index contributed by atoms with van der Waals surface area (Å²) in [6.07, 6.45) is 7.55. The summed E-state index contributed by atoms with van der Waals surface area (Å²) in [5, 5.41) is 0.162. The van der Waals surface area contributed by atoms with Crippen molar-refractivity contribution in [3.05, 3.63) is 32.2 Å². The van der Waals surface area contributed by atoms with Crippen molar-refractivity contribution in [2.75, 3.05) is 0 Å². The van der Waals surface area contributed by atoms with Gasteiger partial charge in [0.15, 0.2) is 10.8 Å². The van der Waals surface area contributed by atoms with Crippen LogP contribution in [0.25, 0.3) is 11.2 Å². The standard InChI is InChI=1S/C13H15ClN4O2/c14-10-9-11(16-7-15-10)18(13(20)12(19)17-9)8-5-3-1-2-4-6-8/h7-8H,1-6H2,(H,17,19). The van der Waals surface area contributed by atoms with Gasteiger partial charge < -0.3 is 4.98 Å². The number of nitrogens with zero attached hydrogens (tertiary/aromatic N) is 3. The molecule has 1 aliphatic rings. The van der Waals surface area contributed by atoms with Crippen molar-refractivity contribution in [3.8, 4) is 0 Å². The van der Waals surface area contributed by atoms with Crippen molar-refractivity contribution in [3.63, 3.8) is 0 Å². The van der Waals surface area contributed by atoms with Crippen LogP contribution in [0.4, 0.5) is 0 Å². The molecule has 20 heavy (non-hydrogen) atoms. The number of hydrogen-bond donors (Lipinski definition) is 1. The number of hydrogen-bond acceptors (Lipinski definition) is 4. The van der Waals surface area contributed by atoms with E-state index < -0.39 is 11.1 Å². The Morgan fingerprint density at radius 2 is 1.85 bits per heavy atom. The van der Waals surface area contributed by atoms with Crippen molar-refractivity contribution < 1.29 is 0 Å². The molecule has 2 aromatic heterocycles. The average Bonchev–Trinajstić information content (AvgIpc) is 2.70. The van der Waals surface area contributed by atoms with Gasteiger partial charge in [0.1, 0.15) is 11.8 Å². The maximum Gasteiger partial charge on any atom is 0.318 e. The Kier molecular flexibility index (Phi) is 3.56. The summed E-state index contributed by atoms with van der Waals surface area (Å²) in [6, 6.07) is 0.0146. The average molecular weight is 295 g/mol. The zero-order chi connectivity index (χ0) is 14.1. The maximum absolute atomic E-state index is 12.2. The monoisotopic (exact) mass is 294 g/mol. The SMILES string of the molecule is O=c1[nH]c2c(Cl)ncnc2n(C2CCCCCC2)c1=O. The molecule has 6 nitrogen and oxygen atoms in total. The third-order valence-electron chi connectivity index (χ3n) is 3.85. The predicted molar refractivity (Wildman–Crippen MR) is 76.2 cm³/mol. The van der Waals surface area contributed by atoms with Crippen LogP contribution in [0.15, 0.2) is 15.9 Å². The highest BCUT2D eigenvalue weighted by molar-refractivity contribution is 6.33. The molecule has 0 amide bonds. The van der Waals surface area contributed by atoms with Crippen LogP contribution in [-0.4, -0.2) is 19.5 Å². The second-order valence-corrected chi connectivity index (χ2v) is 5.50. The van der Waals surface area contributed by atoms with E-state index in [1.165, 1.54) is 23.7 Å². The highest BCUT2D eigenvalue weighted by atomic mass is 35.5. The van der Waals surface area contributed by atoms with Gasteiger partial charge >= 0.3 is 11.1 Å². The fraction of sp³-hybridized carbons (Fsp3) is 0.538. The van der Waals surface area contributed by atoms with Gasteiger partial charge in [-0.05, 0) is 12.8 Å². The van der Waals surface area contributed by atoms with Crippen LogP contribution in [0, 0.1) is 0 Å². The molecule has 106 valence electrons. The lowest BCUT2D eigenvalue weighted by Gasteiger charge is -2.18. The van der Waals surface area contributed by atoms with Gasteiger partial charge in [-0.3, -0.25) is 14.2 Å². The second-order valence-electron chi connectivity index (χ2n) is 5.14. The minimum Gasteiger partial charge on any atom is -0.312 e. The summed E-state index contributed by atoms with van der Waals surface area (Å²) < 4.78 is 1.51. The van der Waals surface area contributed by atoms with Crippen molar-refractivity contribution in [2.24, 2.45) is 0 Å². The molecule has 0 saturated heterocycles. The summed E-state index contributed by atoms with van der Waals surface area (Å²) in [4.78, 5) is 34.5. The number of nitrogens with one attached hydrogen (secondary N) is 1. The first-order valence-electron chi connectivity index (χ1n) is 6.83. The number of H-pyrrole nitrogens is 1. The fourth-order valence-corrected chi connectivity index (χ4v) is 3.05. The predicted octanol–water partition coefficient (Wildman–Crippen LogP) is 2.03. The molecule has 0 spiro atoms. The summed E-state index contributed by atoms with van der Waals surface area (Å²) in [7, 11) is 0. The number of aromatic amines is 1. The molecule has 3 rings (SSSR count). The van der Waals surface area contributed by atoms with Crippen LogP contribution in [-0.2, 0) is 0 Å². The normalized spacial score (nSPS) is 17.2. The van der Waals surface area contributed by atoms with E-state index in [1.807, 2.05) is 0 Å². The lowest BCUT2D eigenvalue weighted by Crippen LogP contribution is -2.38. The topological polar surface area (TPSA) is 80.6 Å². The molecule has 0 atom stereocenters. The van der Waals surface area contributed by atoms with Crippen LogP contribution in [0.1, 0.15) is 44.6 Å². The van der Waals surface area contributed by atoms with Gasteiger partial charge in [0, 0.05) is 6.04 Å². The molecule has 1 aliphatic carbocycles. The first-order chi connectivity index (χ1) is 9.68. The minimum absolute atomic E-state index is 0.0146. The molecular weight excluding hydrogens is 280 g/mol. The first-order valence-corrected chi connectivity index (χ1v) is 7.21. The van der Waals surface area contributed by atoms with Crippen molar-refractivity contribution >= 4 is 22.8 Å². The second kappa shape index (κ2) is 5.36. The van der Waals surface area contributed by atoms with Crippen LogP contribution >= 0.6 is 11.6 Å². The Bertz CT molecular complexity index is 744. The van der Waals surface area contributed by atoms with Crippen LogP contribution in [0.2, 0.25) is 5.15 Å². The number of fused-ring (bicyclic) bond motifs is 1. The molecule has 1 N–H and O–H groups in total. The van der Waals surface area contributed by atoms with E-state index in [0.717, 1.165) is 25.7 Å². The Balaban J connectivity index is 2.27. The lowest BCUT2D eigenvalue weighted by molar-refractivity contribution is 0.439. The van der Waals surface area contributed by atoms with Gasteiger partial charge in [0.2, 0.25) is 0 Å². The molecule has 0 bridgehead atoms. The zero-order valence-corrected chi connectivity index (χ0v) is 11.7. The van der Waals surface area contributed by atoms with Crippen molar-refractivity contribution in [1.29, 1.82) is 0 Å². The highest BCUT2D eigenvalue weighted by Crippen LogP contribution is 2.28. The Morgan fingerprint density at radius 3 is 2.55 bits per heavy atom. The molecule has 0 radical (unpaired) electrons. The van der Waals surface area contributed by atoms with Gasteiger partial charge in [0.25, 0.3) is 0 Å². The van der Waals surface area contributed by atoms with Crippen LogP contribution in [0.3, 0.4) is 0 Å². The quantitative estimate of drug-likeness (QED) is 0.496. The van der Waals surface area contributed by atoms with E-state index in [4.69, 9.17) is 11.6 Å². The van der Waals surface area contributed by atoms with Gasteiger partial charge in [-0.25, -0.2) is 9.97 Å². The maximum atomic E-state index is 12.2. The Hall–Kier alpha value is -1.69. The molecule has 0 unspecified atom stereocenters. The van der Waals surface area contributed by atoms with Gasteiger partial charge in [-0.2, -0.15) is 0 Å². The molecule has 1 fully saturated rings. The molecule has 2 aromatic rings. The van der Waals surface area contributed by atoms with Crippen LogP contribution < -0.4 is 11.1 Å². The van der Waals surface area contributed by atoms with E-state index >= 15 is 0 Å². The van der Waals surface area contributed by atoms with E-state index in [-0.39, 0.29) is 11.2 Å². The minimum atomic E-state index is -0.668. The molecule has 1 saturated carbocycles. The van der Waals surface area contributed by atoms with Gasteiger partial charge in [0.05, 0.1) is 0 Å². The Labute approximate surface area is 119 Å². The molecule has 0 aromatic carbocycles. The summed E-state index contributed by atoms with van der Waals surface area (Å²) >= 11 is 5.99. The molecular formula is C13H15ClN4O2. The molecule has 0 aliphatic heterocycles. The van der Waals surface area contributed by atoms with E-state index in [1.54, 1.807) is 0 Å². The largest absolute Gasteiger partial charge is 0.318 e. The van der Waals surface area contributed by atoms with E-state index in [0.29, 0.717) is 11.2 Å². The summed E-state index contributed by atoms with van der Waals surface area (Å²) in [5.74, 6) is 0. The molecule has 7 heteroatoms. The number of halogens is 1. The Morgan fingerprint density at radius 1 is 1.15 bits per heavy atom.